The van der Waals surface area contributed by atoms with Gasteiger partial charge < -0.3 is 14.9 Å². The van der Waals surface area contributed by atoms with Gasteiger partial charge in [0.15, 0.2) is 0 Å². The highest BCUT2D eigenvalue weighted by Crippen LogP contribution is 2.50. The van der Waals surface area contributed by atoms with E-state index in [9.17, 15) is 5.11 Å². The maximum atomic E-state index is 9.78. The third-order valence-electron chi connectivity index (χ3n) is 3.31. The fourth-order valence-corrected chi connectivity index (χ4v) is 2.27. The molecule has 1 saturated heterocycles. The van der Waals surface area contributed by atoms with Crippen molar-refractivity contribution in [3.05, 3.63) is 12.2 Å². The number of aliphatic hydroxyl groups excluding tert-OH is 2. The van der Waals surface area contributed by atoms with Crippen molar-refractivity contribution in [2.24, 2.45) is 5.92 Å². The molecule has 2 fully saturated rings. The van der Waals surface area contributed by atoms with E-state index in [0.29, 0.717) is 6.42 Å². The summed E-state index contributed by atoms with van der Waals surface area (Å²) >= 11 is 0. The van der Waals surface area contributed by atoms with Gasteiger partial charge in [-0.1, -0.05) is 6.58 Å². The molecule has 3 heteroatoms. The van der Waals surface area contributed by atoms with E-state index in [2.05, 4.69) is 6.58 Å². The SMILES string of the molecule is C=C(CO)[C@H]1C[C@H]2O[C@@]2(C)C[C@H]1O. The molecule has 0 aromatic rings. The molecule has 1 aliphatic carbocycles. The summed E-state index contributed by atoms with van der Waals surface area (Å²) in [6, 6.07) is 0. The fourth-order valence-electron chi connectivity index (χ4n) is 2.27. The van der Waals surface area contributed by atoms with Crippen molar-refractivity contribution in [2.45, 2.75) is 37.6 Å². The van der Waals surface area contributed by atoms with Gasteiger partial charge in [0.2, 0.25) is 0 Å². The van der Waals surface area contributed by atoms with Gasteiger partial charge in [0.25, 0.3) is 0 Å². The van der Waals surface area contributed by atoms with E-state index in [1.165, 1.54) is 0 Å². The molecule has 2 N–H and O–H groups in total. The van der Waals surface area contributed by atoms with Gasteiger partial charge in [-0.05, 0) is 18.9 Å². The van der Waals surface area contributed by atoms with Gasteiger partial charge in [-0.25, -0.2) is 0 Å². The van der Waals surface area contributed by atoms with Crippen LogP contribution in [0.25, 0.3) is 0 Å². The van der Waals surface area contributed by atoms with Crippen LogP contribution in [0.15, 0.2) is 12.2 Å². The normalized spacial score (nSPS) is 48.4. The lowest BCUT2D eigenvalue weighted by Gasteiger charge is -2.29. The molecule has 3 nitrogen and oxygen atoms in total. The zero-order valence-electron chi connectivity index (χ0n) is 7.86. The predicted octanol–water partition coefficient (Wildman–Crippen LogP) is 0.463. The zero-order valence-corrected chi connectivity index (χ0v) is 7.86. The average molecular weight is 184 g/mol. The van der Waals surface area contributed by atoms with Crippen LogP contribution in [-0.4, -0.2) is 34.6 Å². The first-order chi connectivity index (χ1) is 6.07. The number of hydrogen-bond acceptors (Lipinski definition) is 3. The van der Waals surface area contributed by atoms with Crippen molar-refractivity contribution in [3.63, 3.8) is 0 Å². The Labute approximate surface area is 78.0 Å². The van der Waals surface area contributed by atoms with E-state index in [0.717, 1.165) is 12.0 Å². The van der Waals surface area contributed by atoms with Gasteiger partial charge in [0.05, 0.1) is 24.4 Å². The van der Waals surface area contributed by atoms with Crippen LogP contribution in [0.3, 0.4) is 0 Å². The van der Waals surface area contributed by atoms with Crippen molar-refractivity contribution in [1.82, 2.24) is 0 Å². The molecule has 74 valence electrons. The van der Waals surface area contributed by atoms with Gasteiger partial charge in [-0.2, -0.15) is 0 Å². The molecular formula is C10H16O3. The number of rotatable bonds is 2. The summed E-state index contributed by atoms with van der Waals surface area (Å²) in [5, 5.41) is 18.7. The zero-order chi connectivity index (χ0) is 9.64. The first kappa shape index (κ1) is 9.19. The van der Waals surface area contributed by atoms with Gasteiger partial charge in [0, 0.05) is 12.3 Å². The Morgan fingerprint density at radius 1 is 1.69 bits per heavy atom. The lowest BCUT2D eigenvalue weighted by Crippen LogP contribution is -2.35. The molecule has 0 radical (unpaired) electrons. The molecule has 2 aliphatic rings. The summed E-state index contributed by atoms with van der Waals surface area (Å²) in [5.74, 6) is 0.0191. The van der Waals surface area contributed by atoms with Crippen LogP contribution in [0.5, 0.6) is 0 Å². The summed E-state index contributed by atoms with van der Waals surface area (Å²) in [7, 11) is 0. The smallest absolute Gasteiger partial charge is 0.0945 e. The van der Waals surface area contributed by atoms with E-state index in [1.807, 2.05) is 6.92 Å². The summed E-state index contributed by atoms with van der Waals surface area (Å²) in [6.45, 7) is 5.75. The van der Waals surface area contributed by atoms with Crippen molar-refractivity contribution in [3.8, 4) is 0 Å². The van der Waals surface area contributed by atoms with Gasteiger partial charge >= 0.3 is 0 Å². The van der Waals surface area contributed by atoms with Crippen LogP contribution >= 0.6 is 0 Å². The minimum absolute atomic E-state index is 0.0191. The van der Waals surface area contributed by atoms with Gasteiger partial charge in [-0.15, -0.1) is 0 Å². The molecule has 1 heterocycles. The number of fused-ring (bicyclic) bond motifs is 1. The highest BCUT2D eigenvalue weighted by atomic mass is 16.6. The first-order valence-electron chi connectivity index (χ1n) is 4.71. The van der Waals surface area contributed by atoms with Crippen LogP contribution < -0.4 is 0 Å². The summed E-state index contributed by atoms with van der Waals surface area (Å²) in [5.41, 5.74) is 0.635. The molecule has 0 aromatic carbocycles. The number of ether oxygens (including phenoxy) is 1. The molecular weight excluding hydrogens is 168 g/mol. The maximum Gasteiger partial charge on any atom is 0.0945 e. The Hall–Kier alpha value is -0.380. The summed E-state index contributed by atoms with van der Waals surface area (Å²) in [4.78, 5) is 0. The third-order valence-corrected chi connectivity index (χ3v) is 3.31. The largest absolute Gasteiger partial charge is 0.392 e. The van der Waals surface area contributed by atoms with Crippen LogP contribution in [0, 0.1) is 5.92 Å². The van der Waals surface area contributed by atoms with E-state index in [4.69, 9.17) is 9.84 Å². The molecule has 13 heavy (non-hydrogen) atoms. The highest BCUT2D eigenvalue weighted by Gasteiger charge is 2.58. The first-order valence-corrected chi connectivity index (χ1v) is 4.71. The molecule has 0 amide bonds. The van der Waals surface area contributed by atoms with Crippen molar-refractivity contribution in [1.29, 1.82) is 0 Å². The molecule has 2 rings (SSSR count). The number of aliphatic hydroxyl groups is 2. The lowest BCUT2D eigenvalue weighted by atomic mass is 9.77. The topological polar surface area (TPSA) is 53.0 Å². The summed E-state index contributed by atoms with van der Waals surface area (Å²) < 4.78 is 5.48. The van der Waals surface area contributed by atoms with Crippen molar-refractivity contribution >= 4 is 0 Å². The van der Waals surface area contributed by atoms with Crippen LogP contribution in [0.1, 0.15) is 19.8 Å². The Bertz CT molecular complexity index is 238. The number of epoxide rings is 1. The average Bonchev–Trinajstić information content (AvgIpc) is 2.72. The van der Waals surface area contributed by atoms with Gasteiger partial charge in [-0.3, -0.25) is 0 Å². The van der Waals surface area contributed by atoms with E-state index >= 15 is 0 Å². The molecule has 1 aliphatic heterocycles. The Morgan fingerprint density at radius 3 is 3.00 bits per heavy atom. The standard InChI is InChI=1S/C10H16O3/c1-6(5-11)7-3-9-10(2,13-9)4-8(7)12/h7-9,11-12H,1,3-5H2,2H3/t7-,8-,9-,10+/m1/s1. The lowest BCUT2D eigenvalue weighted by molar-refractivity contribution is 0.0761. The minimum Gasteiger partial charge on any atom is -0.392 e. The van der Waals surface area contributed by atoms with E-state index in [1.54, 1.807) is 0 Å². The Balaban J connectivity index is 2.03. The molecule has 0 bridgehead atoms. The summed E-state index contributed by atoms with van der Waals surface area (Å²) in [6.07, 6.45) is 1.34. The maximum absolute atomic E-state index is 9.78. The monoisotopic (exact) mass is 184 g/mol. The number of hydrogen-bond donors (Lipinski definition) is 2. The highest BCUT2D eigenvalue weighted by molar-refractivity contribution is 5.14. The molecule has 0 spiro atoms. The van der Waals surface area contributed by atoms with Crippen molar-refractivity contribution < 1.29 is 14.9 Å². The second kappa shape index (κ2) is 2.80. The van der Waals surface area contributed by atoms with Crippen LogP contribution in [-0.2, 0) is 4.74 Å². The Morgan fingerprint density at radius 2 is 2.38 bits per heavy atom. The quantitative estimate of drug-likeness (QED) is 0.484. The second-order valence-corrected chi connectivity index (χ2v) is 4.35. The van der Waals surface area contributed by atoms with Gasteiger partial charge in [0.1, 0.15) is 0 Å². The van der Waals surface area contributed by atoms with E-state index in [-0.39, 0.29) is 24.2 Å². The molecule has 0 unspecified atom stereocenters. The predicted molar refractivity (Wildman–Crippen MR) is 48.2 cm³/mol. The third kappa shape index (κ3) is 1.41. The molecule has 1 saturated carbocycles. The second-order valence-electron chi connectivity index (χ2n) is 4.35. The van der Waals surface area contributed by atoms with Crippen molar-refractivity contribution in [2.75, 3.05) is 6.61 Å². The van der Waals surface area contributed by atoms with E-state index < -0.39 is 6.10 Å². The molecule has 4 atom stereocenters. The molecule has 0 aromatic heterocycles. The Kier molecular flexibility index (Phi) is 1.98. The van der Waals surface area contributed by atoms with Crippen LogP contribution in [0.4, 0.5) is 0 Å². The van der Waals surface area contributed by atoms with Crippen LogP contribution in [0.2, 0.25) is 0 Å². The minimum atomic E-state index is -0.400. The fraction of sp³-hybridized carbons (Fsp3) is 0.800.